The van der Waals surface area contributed by atoms with Crippen LogP contribution in [0.15, 0.2) is 0 Å². The molecule has 19 heavy (non-hydrogen) atoms. The molecule has 0 heterocycles. The molecule has 0 rings (SSSR count). The van der Waals surface area contributed by atoms with Crippen LogP contribution in [0.2, 0.25) is 0 Å². The molecule has 2 atom stereocenters. The van der Waals surface area contributed by atoms with E-state index in [0.29, 0.717) is 13.1 Å². The van der Waals surface area contributed by atoms with E-state index in [4.69, 9.17) is 20.0 Å². The average molecular weight is 321 g/mol. The number of aliphatic carboxylic acids is 2. The van der Waals surface area contributed by atoms with Crippen molar-refractivity contribution in [3.8, 4) is 0 Å². The zero-order chi connectivity index (χ0) is 15.4. The van der Waals surface area contributed by atoms with E-state index in [1.54, 1.807) is 11.9 Å². The number of nitrogens with zero attached hydrogens (tertiary/aromatic N) is 1. The molecule has 0 fully saturated rings. The molecule has 0 saturated heterocycles. The van der Waals surface area contributed by atoms with Crippen LogP contribution in [-0.2, 0) is 23.0 Å². The van der Waals surface area contributed by atoms with Gasteiger partial charge in [-0.2, -0.15) is 0 Å². The van der Waals surface area contributed by atoms with E-state index in [1.807, 2.05) is 0 Å². The summed E-state index contributed by atoms with van der Waals surface area (Å²) in [6, 6.07) is 0. The first-order valence-corrected chi connectivity index (χ1v) is 7.43. The van der Waals surface area contributed by atoms with Gasteiger partial charge in [0, 0.05) is 13.1 Å². The van der Waals surface area contributed by atoms with Crippen LogP contribution in [0.5, 0.6) is 0 Å². The largest absolute Gasteiger partial charge is 0.481 e. The minimum absolute atomic E-state index is 0.0517. The molecule has 0 aromatic heterocycles. The Balaban J connectivity index is 0. The van der Waals surface area contributed by atoms with Crippen molar-refractivity contribution in [2.75, 3.05) is 20.1 Å². The highest BCUT2D eigenvalue weighted by Crippen LogP contribution is 2.30. The smallest absolute Gasteiger partial charge is 0.323 e. The minimum Gasteiger partial charge on any atom is -0.481 e. The second-order valence-electron chi connectivity index (χ2n) is 3.22. The molecular weight excluding hydrogens is 304 g/mol. The van der Waals surface area contributed by atoms with E-state index in [-0.39, 0.29) is 12.8 Å². The fraction of sp³-hybridized carbons (Fsp3) is 0.714. The van der Waals surface area contributed by atoms with E-state index in [0.717, 1.165) is 0 Å². The molecule has 2 unspecified atom stereocenters. The predicted molar refractivity (Wildman–Crippen MR) is 65.5 cm³/mol. The van der Waals surface area contributed by atoms with Gasteiger partial charge in [0.1, 0.15) is 0 Å². The van der Waals surface area contributed by atoms with Gasteiger partial charge in [0.05, 0.1) is 12.8 Å². The van der Waals surface area contributed by atoms with Crippen molar-refractivity contribution in [2.24, 2.45) is 0 Å². The molecule has 0 radical (unpaired) electrons. The number of carbonyl (C=O) groups is 2. The van der Waals surface area contributed by atoms with E-state index in [2.05, 4.69) is 4.31 Å². The van der Waals surface area contributed by atoms with Gasteiger partial charge in [-0.25, -0.2) is 4.31 Å². The van der Waals surface area contributed by atoms with E-state index < -0.39 is 28.4 Å². The van der Waals surface area contributed by atoms with Gasteiger partial charge < -0.3 is 24.9 Å². The zero-order valence-corrected chi connectivity index (χ0v) is 12.1. The first-order valence-electron chi connectivity index (χ1n) is 4.91. The van der Waals surface area contributed by atoms with E-state index >= 15 is 0 Å². The number of hydrogen-bond acceptors (Lipinski definition) is 6. The Kier molecular flexibility index (Phi) is 13.3. The Bertz CT molecular complexity index is 305. The number of rotatable bonds is 8. The Hall–Kier alpha value is -0.760. The Labute approximate surface area is 110 Å². The van der Waals surface area contributed by atoms with Crippen molar-refractivity contribution in [1.29, 1.82) is 0 Å². The molecule has 4 N–H and O–H groups in total. The Morgan fingerprint density at radius 2 is 1.32 bits per heavy atom. The molecule has 12 heteroatoms. The lowest BCUT2D eigenvalue weighted by atomic mass is 10.3. The molecule has 0 aliphatic rings. The van der Waals surface area contributed by atoms with Crippen LogP contribution < -0.4 is 0 Å². The van der Waals surface area contributed by atoms with Crippen LogP contribution in [0, 0.1) is 0 Å². The molecule has 0 amide bonds. The molecular formula is C7H17NO9P2. The lowest BCUT2D eigenvalue weighted by Gasteiger charge is -2.12. The molecule has 0 spiro atoms. The van der Waals surface area contributed by atoms with Crippen molar-refractivity contribution >= 4 is 28.4 Å². The lowest BCUT2D eigenvalue weighted by molar-refractivity contribution is -0.137. The third-order valence-corrected chi connectivity index (χ3v) is 2.99. The number of carboxylic acid groups (broad SMARTS) is 2. The van der Waals surface area contributed by atoms with Gasteiger partial charge in [-0.3, -0.25) is 18.7 Å². The van der Waals surface area contributed by atoms with Crippen LogP contribution in [0.25, 0.3) is 0 Å². The highest BCUT2D eigenvalue weighted by Gasteiger charge is 2.04. The van der Waals surface area contributed by atoms with Crippen molar-refractivity contribution in [3.05, 3.63) is 0 Å². The standard InChI is InChI=1S/C7H13NO4.H4O5P2/c1-8(4-2-6(9)10)5-3-7(11)12;1-6(2)5-7(3)4/h2-5H2,1H3,(H,9,10)(H,11,12);6-7H,(H,1,2)(H,3,4). The monoisotopic (exact) mass is 321 g/mol. The average Bonchev–Trinajstić information content (AvgIpc) is 2.22. The summed E-state index contributed by atoms with van der Waals surface area (Å²) in [7, 11) is -4.70. The quantitative estimate of drug-likeness (QED) is 0.434. The molecule has 0 aromatic rings. The maximum absolute atomic E-state index is 10.1. The second kappa shape index (κ2) is 12.3. The summed E-state index contributed by atoms with van der Waals surface area (Å²) in [5.41, 5.74) is 0. The summed E-state index contributed by atoms with van der Waals surface area (Å²) >= 11 is 0. The summed E-state index contributed by atoms with van der Waals surface area (Å²) in [4.78, 5) is 37.3. The fourth-order valence-electron chi connectivity index (χ4n) is 0.760. The second-order valence-corrected chi connectivity index (χ2v) is 5.10. The molecule has 114 valence electrons. The topological polar surface area (TPSA) is 162 Å². The summed E-state index contributed by atoms with van der Waals surface area (Å²) in [6.07, 6.45) is 0.103. The maximum Gasteiger partial charge on any atom is 0.323 e. The molecule has 0 saturated carbocycles. The summed E-state index contributed by atoms with van der Waals surface area (Å²) in [6.45, 7) is 0.783. The van der Waals surface area contributed by atoms with Crippen molar-refractivity contribution in [3.63, 3.8) is 0 Å². The third-order valence-electron chi connectivity index (χ3n) is 1.59. The van der Waals surface area contributed by atoms with Crippen LogP contribution >= 0.6 is 16.5 Å². The summed E-state index contributed by atoms with van der Waals surface area (Å²) < 4.78 is 22.3. The first kappa shape index (κ1) is 20.6. The van der Waals surface area contributed by atoms with Gasteiger partial charge in [0.15, 0.2) is 0 Å². The molecule has 0 aromatic carbocycles. The first-order chi connectivity index (χ1) is 8.65. The van der Waals surface area contributed by atoms with Crippen molar-refractivity contribution in [2.45, 2.75) is 12.8 Å². The Morgan fingerprint density at radius 1 is 1.00 bits per heavy atom. The SMILES string of the molecule is CN(CCC(=O)O)CCC(=O)O.O=[PH](O)O[PH](=O)O. The number of carboxylic acids is 2. The van der Waals surface area contributed by atoms with Gasteiger partial charge in [-0.1, -0.05) is 0 Å². The van der Waals surface area contributed by atoms with Crippen LogP contribution in [0.4, 0.5) is 0 Å². The van der Waals surface area contributed by atoms with Gasteiger partial charge in [0.2, 0.25) is 0 Å². The van der Waals surface area contributed by atoms with Gasteiger partial charge in [-0.15, -0.1) is 0 Å². The summed E-state index contributed by atoms with van der Waals surface area (Å²) in [5.74, 6) is -1.73. The molecule has 0 bridgehead atoms. The third kappa shape index (κ3) is 22.8. The minimum atomic E-state index is -3.20. The summed E-state index contributed by atoms with van der Waals surface area (Å²) in [5, 5.41) is 16.6. The van der Waals surface area contributed by atoms with Crippen LogP contribution in [0.1, 0.15) is 12.8 Å². The van der Waals surface area contributed by atoms with E-state index in [9.17, 15) is 18.7 Å². The van der Waals surface area contributed by atoms with Crippen LogP contribution in [-0.4, -0.2) is 57.0 Å². The van der Waals surface area contributed by atoms with Gasteiger partial charge >= 0.3 is 28.4 Å². The van der Waals surface area contributed by atoms with Crippen LogP contribution in [0.3, 0.4) is 0 Å². The number of hydrogen-bond donors (Lipinski definition) is 4. The molecule has 0 aliphatic heterocycles. The highest BCUT2D eigenvalue weighted by atomic mass is 31.2. The highest BCUT2D eigenvalue weighted by molar-refractivity contribution is 7.46. The normalized spacial score (nSPS) is 13.3. The maximum atomic E-state index is 10.1. The zero-order valence-electron chi connectivity index (χ0n) is 10.1. The Morgan fingerprint density at radius 3 is 1.47 bits per heavy atom. The van der Waals surface area contributed by atoms with Crippen molar-refractivity contribution in [1.82, 2.24) is 4.90 Å². The van der Waals surface area contributed by atoms with Gasteiger partial charge in [-0.05, 0) is 7.05 Å². The van der Waals surface area contributed by atoms with Crippen molar-refractivity contribution < 1.29 is 43.0 Å². The van der Waals surface area contributed by atoms with Gasteiger partial charge in [0.25, 0.3) is 0 Å². The molecule has 0 aliphatic carbocycles. The van der Waals surface area contributed by atoms with E-state index in [1.165, 1.54) is 0 Å². The lowest BCUT2D eigenvalue weighted by Crippen LogP contribution is -2.24. The molecule has 10 nitrogen and oxygen atoms in total. The predicted octanol–water partition coefficient (Wildman–Crippen LogP) is -0.365. The fourth-order valence-corrected chi connectivity index (χ4v) is 1.36.